The second-order valence-electron chi connectivity index (χ2n) is 7.89. The largest absolute Gasteiger partial charge is 0.762 e. The molecule has 30 heavy (non-hydrogen) atoms. The van der Waals surface area contributed by atoms with Crippen molar-refractivity contribution in [1.29, 1.82) is 15.8 Å². The number of nitrogens with zero attached hydrogens (tertiary/aromatic N) is 3. The van der Waals surface area contributed by atoms with Gasteiger partial charge in [0.25, 0.3) is 0 Å². The molecule has 1 aromatic heterocycles. The van der Waals surface area contributed by atoms with E-state index in [0.717, 1.165) is 19.3 Å². The van der Waals surface area contributed by atoms with Gasteiger partial charge in [-0.15, -0.1) is 5.03 Å². The topological polar surface area (TPSA) is 101 Å². The Hall–Kier alpha value is -2.53. The van der Waals surface area contributed by atoms with Crippen molar-refractivity contribution in [1.82, 2.24) is 5.32 Å². The molecule has 2 N–H and O–H groups in total. The maximum absolute atomic E-state index is 10.0. The molecule has 1 aliphatic carbocycles. The van der Waals surface area contributed by atoms with Crippen LogP contribution in [0.3, 0.4) is 0 Å². The Bertz CT molecular complexity index is 826. The third kappa shape index (κ3) is 4.04. The summed E-state index contributed by atoms with van der Waals surface area (Å²) in [4.78, 5) is 1.68. The zero-order chi connectivity index (χ0) is 22.2. The van der Waals surface area contributed by atoms with Crippen molar-refractivity contribution in [3.8, 4) is 18.2 Å². The van der Waals surface area contributed by atoms with Crippen molar-refractivity contribution in [3.63, 3.8) is 0 Å². The first kappa shape index (κ1) is 23.7. The van der Waals surface area contributed by atoms with Gasteiger partial charge in [-0.1, -0.05) is 19.3 Å². The van der Waals surface area contributed by atoms with Crippen LogP contribution in [0.5, 0.6) is 0 Å². The minimum Gasteiger partial charge on any atom is -0.762 e. The molecule has 3 rings (SSSR count). The average molecular weight is 426 g/mol. The first-order valence-corrected chi connectivity index (χ1v) is 11.2. The lowest BCUT2D eigenvalue weighted by molar-refractivity contribution is -0.894. The normalized spacial score (nSPS) is 21.6. The molecule has 0 radical (unpaired) electrons. The average Bonchev–Trinajstić information content (AvgIpc) is 3.31. The Morgan fingerprint density at radius 3 is 2.10 bits per heavy atom. The van der Waals surface area contributed by atoms with Crippen LogP contribution in [-0.2, 0) is 12.6 Å². The minimum absolute atomic E-state index is 0.330. The number of hydrogen-bond acceptors (Lipinski definition) is 6. The lowest BCUT2D eigenvalue weighted by Gasteiger charge is -2.53. The summed E-state index contributed by atoms with van der Waals surface area (Å²) >= 11 is 5.40. The molecular formula is C23H31N5OS. The number of nitriles is 3. The molecule has 1 fully saturated rings. The highest BCUT2D eigenvalue weighted by atomic mass is 32.1. The van der Waals surface area contributed by atoms with E-state index < -0.39 is 16.9 Å². The molecule has 2 heterocycles. The SMILES string of the molecule is CC[NH+](CC)CC.N#CC1=C([S-])NC(c2ccco2)C(C#N)(C#N)C12CCCCC2. The van der Waals surface area contributed by atoms with E-state index in [1.807, 2.05) is 0 Å². The number of furan rings is 1. The van der Waals surface area contributed by atoms with Gasteiger partial charge in [0, 0.05) is 11.0 Å². The van der Waals surface area contributed by atoms with Crippen LogP contribution in [0.25, 0.3) is 0 Å². The van der Waals surface area contributed by atoms with Crippen molar-refractivity contribution < 1.29 is 9.32 Å². The number of nitrogens with one attached hydrogen (secondary N) is 2. The summed E-state index contributed by atoms with van der Waals surface area (Å²) in [5.74, 6) is 0.498. The maximum Gasteiger partial charge on any atom is 0.181 e. The molecule has 1 aromatic rings. The first-order valence-electron chi connectivity index (χ1n) is 10.8. The second-order valence-corrected chi connectivity index (χ2v) is 8.30. The maximum atomic E-state index is 10.0. The Kier molecular flexibility index (Phi) is 8.30. The summed E-state index contributed by atoms with van der Waals surface area (Å²) < 4.78 is 5.47. The van der Waals surface area contributed by atoms with Gasteiger partial charge in [-0.05, 0) is 45.7 Å². The Morgan fingerprint density at radius 2 is 1.70 bits per heavy atom. The predicted molar refractivity (Wildman–Crippen MR) is 116 cm³/mol. The van der Waals surface area contributed by atoms with Gasteiger partial charge < -0.3 is 27.3 Å². The molecule has 1 spiro atoms. The number of rotatable bonds is 4. The molecule has 1 aliphatic heterocycles. The molecule has 0 aromatic carbocycles. The number of hydrogen-bond donors (Lipinski definition) is 2. The van der Waals surface area contributed by atoms with Crippen LogP contribution < -0.4 is 10.2 Å². The molecule has 1 unspecified atom stereocenters. The Labute approximate surface area is 185 Å². The fourth-order valence-electron chi connectivity index (χ4n) is 4.82. The number of allylic oxidation sites excluding steroid dienone is 1. The lowest BCUT2D eigenvalue weighted by Crippen LogP contribution is -3.11. The summed E-state index contributed by atoms with van der Waals surface area (Å²) in [6, 6.07) is 9.44. The smallest absolute Gasteiger partial charge is 0.181 e. The molecular weight excluding hydrogens is 394 g/mol. The standard InChI is InChI=1S/C17H16N4OS.C6H15N/c18-9-12-15(23)21-14(13-5-4-8-22-13)17(10-19,11-20)16(12)6-2-1-3-7-16;1-4-7(5-2)6-3/h4-5,8,14,21,23H,1-3,6-7H2;4-6H2,1-3H3. The van der Waals surface area contributed by atoms with Crippen molar-refractivity contribution in [2.24, 2.45) is 10.8 Å². The summed E-state index contributed by atoms with van der Waals surface area (Å²) in [6.07, 6.45) is 5.55. The Morgan fingerprint density at radius 1 is 1.10 bits per heavy atom. The van der Waals surface area contributed by atoms with Crippen molar-refractivity contribution >= 4 is 12.6 Å². The van der Waals surface area contributed by atoms with E-state index in [4.69, 9.17) is 17.0 Å². The van der Waals surface area contributed by atoms with Crippen molar-refractivity contribution in [2.45, 2.75) is 58.9 Å². The molecule has 0 bridgehead atoms. The molecule has 6 nitrogen and oxygen atoms in total. The zero-order valence-electron chi connectivity index (χ0n) is 18.1. The van der Waals surface area contributed by atoms with Gasteiger partial charge >= 0.3 is 0 Å². The first-order chi connectivity index (χ1) is 14.5. The summed E-state index contributed by atoms with van der Waals surface area (Å²) in [7, 11) is 0. The highest BCUT2D eigenvalue weighted by molar-refractivity contribution is 7.63. The summed E-state index contributed by atoms with van der Waals surface area (Å²) in [5, 5.41) is 33.0. The molecule has 0 saturated heterocycles. The highest BCUT2D eigenvalue weighted by Gasteiger charge is 2.62. The molecule has 160 valence electrons. The molecule has 1 atom stereocenters. The summed E-state index contributed by atoms with van der Waals surface area (Å²) in [5.41, 5.74) is -1.87. The van der Waals surface area contributed by atoms with E-state index in [0.29, 0.717) is 29.2 Å². The fraction of sp³-hybridized carbons (Fsp3) is 0.609. The van der Waals surface area contributed by atoms with Gasteiger partial charge in [0.1, 0.15) is 11.8 Å². The van der Waals surface area contributed by atoms with E-state index in [1.165, 1.54) is 25.9 Å². The highest BCUT2D eigenvalue weighted by Crippen LogP contribution is 2.61. The van der Waals surface area contributed by atoms with Crippen LogP contribution in [0.1, 0.15) is 64.7 Å². The lowest BCUT2D eigenvalue weighted by atomic mass is 9.51. The van der Waals surface area contributed by atoms with Crippen LogP contribution in [0.15, 0.2) is 33.4 Å². The molecule has 2 aliphatic rings. The third-order valence-electron chi connectivity index (χ3n) is 6.67. The van der Waals surface area contributed by atoms with Crippen LogP contribution in [-0.4, -0.2) is 19.6 Å². The van der Waals surface area contributed by atoms with E-state index in [-0.39, 0.29) is 0 Å². The molecule has 1 saturated carbocycles. The van der Waals surface area contributed by atoms with E-state index >= 15 is 0 Å². The van der Waals surface area contributed by atoms with E-state index in [2.05, 4.69) is 44.3 Å². The van der Waals surface area contributed by atoms with Gasteiger partial charge in [-0.3, -0.25) is 0 Å². The van der Waals surface area contributed by atoms with Gasteiger partial charge in [0.2, 0.25) is 0 Å². The van der Waals surface area contributed by atoms with Gasteiger partial charge in [-0.2, -0.15) is 15.8 Å². The van der Waals surface area contributed by atoms with Crippen molar-refractivity contribution in [3.05, 3.63) is 34.8 Å². The van der Waals surface area contributed by atoms with Crippen LogP contribution in [0.4, 0.5) is 0 Å². The third-order valence-corrected chi connectivity index (χ3v) is 6.99. The van der Waals surface area contributed by atoms with Gasteiger partial charge in [-0.25, -0.2) is 0 Å². The molecule has 7 heteroatoms. The fourth-order valence-corrected chi connectivity index (χ4v) is 5.18. The summed E-state index contributed by atoms with van der Waals surface area (Å²) in [6.45, 7) is 10.5. The van der Waals surface area contributed by atoms with Crippen LogP contribution in [0, 0.1) is 44.8 Å². The van der Waals surface area contributed by atoms with Crippen LogP contribution >= 0.6 is 0 Å². The number of quaternary nitrogens is 1. The van der Waals surface area contributed by atoms with E-state index in [1.54, 1.807) is 17.0 Å². The second kappa shape index (κ2) is 10.5. The monoisotopic (exact) mass is 425 g/mol. The van der Waals surface area contributed by atoms with Crippen molar-refractivity contribution in [2.75, 3.05) is 19.6 Å². The zero-order valence-corrected chi connectivity index (χ0v) is 18.9. The van der Waals surface area contributed by atoms with E-state index in [9.17, 15) is 15.8 Å². The minimum atomic E-state index is -1.42. The van der Waals surface area contributed by atoms with Gasteiger partial charge in [0.05, 0.1) is 44.1 Å². The Balaban J connectivity index is 0.000000396. The van der Waals surface area contributed by atoms with Crippen LogP contribution in [0.2, 0.25) is 0 Å². The molecule has 0 amide bonds. The van der Waals surface area contributed by atoms with Gasteiger partial charge in [0.15, 0.2) is 5.41 Å². The quantitative estimate of drug-likeness (QED) is 0.719. The predicted octanol–water partition coefficient (Wildman–Crippen LogP) is 3.12.